The van der Waals surface area contributed by atoms with Gasteiger partial charge in [-0.2, -0.15) is 0 Å². The number of aromatic nitrogens is 2. The summed E-state index contributed by atoms with van der Waals surface area (Å²) in [4.78, 5) is 17.5. The Balaban J connectivity index is 2.27. The quantitative estimate of drug-likeness (QED) is 0.747. The Morgan fingerprint density at radius 2 is 2.17 bits per heavy atom. The van der Waals surface area contributed by atoms with E-state index in [2.05, 4.69) is 16.5 Å². The summed E-state index contributed by atoms with van der Waals surface area (Å²) in [6.07, 6.45) is 0. The monoisotopic (exact) mass is 264 g/mol. The average molecular weight is 264 g/mol. The molecule has 3 N–H and O–H groups in total. The van der Waals surface area contributed by atoms with Gasteiger partial charge in [-0.15, -0.1) is 11.8 Å². The first-order valence-corrected chi connectivity index (χ1v) is 6.38. The second kappa shape index (κ2) is 5.14. The lowest BCUT2D eigenvalue weighted by Gasteiger charge is -1.98. The zero-order chi connectivity index (χ0) is 13.1. The van der Waals surface area contributed by atoms with Gasteiger partial charge in [-0.25, -0.2) is 4.98 Å². The third-order valence-electron chi connectivity index (χ3n) is 2.33. The number of carbonyl (C=O) groups is 1. The normalized spacial score (nSPS) is 12.7. The fourth-order valence-corrected chi connectivity index (χ4v) is 2.20. The van der Waals surface area contributed by atoms with Crippen LogP contribution in [0.5, 0.6) is 0 Å². The van der Waals surface area contributed by atoms with Crippen LogP contribution in [0.2, 0.25) is 0 Å². The molecule has 0 saturated carbocycles. The maximum absolute atomic E-state index is 10.4. The number of carboxylic acids is 1. The number of H-pyrrole nitrogens is 1. The molecular weight excluding hydrogens is 252 g/mol. The van der Waals surface area contributed by atoms with Gasteiger partial charge in [0.1, 0.15) is 11.2 Å². The Hall–Kier alpha value is -1.95. The standard InChI is InChI=1S/C12H12N2O3S/c1-7-13-9-3-2-8(4-10(9)14-7)11(15)5-18-6-12(16)17/h2-4,14-15H,1,5-6H2,(H,16,17). The number of hydrogen-bond donors (Lipinski definition) is 3. The maximum Gasteiger partial charge on any atom is 0.313 e. The Bertz CT molecular complexity index is 693. The minimum atomic E-state index is -0.890. The molecule has 0 unspecified atom stereocenters. The molecule has 0 fully saturated rings. The molecule has 0 aliphatic carbocycles. The van der Waals surface area contributed by atoms with E-state index in [1.54, 1.807) is 18.2 Å². The van der Waals surface area contributed by atoms with E-state index in [4.69, 9.17) is 5.11 Å². The van der Waals surface area contributed by atoms with Crippen LogP contribution >= 0.6 is 11.8 Å². The second-order valence-corrected chi connectivity index (χ2v) is 4.73. The summed E-state index contributed by atoms with van der Waals surface area (Å²) >= 11 is 1.15. The summed E-state index contributed by atoms with van der Waals surface area (Å²) in [5.74, 6) is -0.496. The van der Waals surface area contributed by atoms with Gasteiger partial charge in [0.15, 0.2) is 0 Å². The molecule has 0 aliphatic rings. The first kappa shape index (κ1) is 12.5. The van der Waals surface area contributed by atoms with Crippen molar-refractivity contribution in [3.8, 4) is 0 Å². The zero-order valence-corrected chi connectivity index (χ0v) is 10.3. The van der Waals surface area contributed by atoms with E-state index in [0.29, 0.717) is 10.7 Å². The number of rotatable bonds is 4. The van der Waals surface area contributed by atoms with Crippen LogP contribution in [0.15, 0.2) is 18.2 Å². The highest BCUT2D eigenvalue weighted by Gasteiger charge is 2.02. The van der Waals surface area contributed by atoms with Crippen molar-refractivity contribution >= 4 is 41.1 Å². The smallest absolute Gasteiger partial charge is 0.313 e. The lowest BCUT2D eigenvalue weighted by atomic mass is 10.2. The van der Waals surface area contributed by atoms with Crippen molar-refractivity contribution < 1.29 is 15.0 Å². The van der Waals surface area contributed by atoms with E-state index < -0.39 is 5.97 Å². The molecule has 2 rings (SSSR count). The van der Waals surface area contributed by atoms with Gasteiger partial charge in [0.2, 0.25) is 0 Å². The van der Waals surface area contributed by atoms with Crippen LogP contribution in [0.4, 0.5) is 0 Å². The number of aromatic amines is 1. The third-order valence-corrected chi connectivity index (χ3v) is 3.26. The SMILES string of the molecule is C=c1nc2ccc(=C(O)CSCC(=O)O)cc2[nH]1. The summed E-state index contributed by atoms with van der Waals surface area (Å²) in [6, 6.07) is 5.31. The molecule has 6 heteroatoms. The number of nitrogens with zero attached hydrogens (tertiary/aromatic N) is 1. The minimum Gasteiger partial charge on any atom is -0.511 e. The lowest BCUT2D eigenvalue weighted by Crippen LogP contribution is -2.08. The molecule has 1 heterocycles. The number of fused-ring (bicyclic) bond motifs is 1. The van der Waals surface area contributed by atoms with Crippen molar-refractivity contribution in [1.29, 1.82) is 0 Å². The Morgan fingerprint density at radius 3 is 2.89 bits per heavy atom. The van der Waals surface area contributed by atoms with Crippen LogP contribution in [-0.4, -0.2) is 37.7 Å². The molecule has 1 aromatic heterocycles. The van der Waals surface area contributed by atoms with E-state index in [-0.39, 0.29) is 17.3 Å². The van der Waals surface area contributed by atoms with Gasteiger partial charge in [-0.1, -0.05) is 6.58 Å². The predicted molar refractivity (Wildman–Crippen MR) is 71.9 cm³/mol. The molecule has 2 aromatic rings. The van der Waals surface area contributed by atoms with E-state index in [1.165, 1.54) is 0 Å². The van der Waals surface area contributed by atoms with Gasteiger partial charge >= 0.3 is 5.97 Å². The van der Waals surface area contributed by atoms with Crippen molar-refractivity contribution in [3.05, 3.63) is 28.9 Å². The first-order valence-electron chi connectivity index (χ1n) is 5.22. The molecule has 5 nitrogen and oxygen atoms in total. The highest BCUT2D eigenvalue weighted by atomic mass is 32.2. The summed E-state index contributed by atoms with van der Waals surface area (Å²) < 4.78 is 0. The second-order valence-electron chi connectivity index (χ2n) is 3.75. The fourth-order valence-electron chi connectivity index (χ4n) is 1.56. The first-order chi connectivity index (χ1) is 8.56. The van der Waals surface area contributed by atoms with Crippen LogP contribution in [0.25, 0.3) is 23.4 Å². The number of aliphatic carboxylic acids is 1. The number of aliphatic hydroxyl groups is 1. The van der Waals surface area contributed by atoms with Gasteiger partial charge in [0.25, 0.3) is 0 Å². The van der Waals surface area contributed by atoms with Gasteiger partial charge in [0.05, 0.1) is 22.5 Å². The molecule has 0 saturated heterocycles. The van der Waals surface area contributed by atoms with Gasteiger partial charge in [0, 0.05) is 5.22 Å². The topological polar surface area (TPSA) is 86.2 Å². The van der Waals surface area contributed by atoms with Gasteiger partial charge in [-0.3, -0.25) is 4.79 Å². The molecule has 1 aromatic carbocycles. The molecule has 0 atom stereocenters. The van der Waals surface area contributed by atoms with E-state index in [9.17, 15) is 9.90 Å². The fraction of sp³-hybridized carbons (Fsp3) is 0.167. The van der Waals surface area contributed by atoms with Gasteiger partial charge in [-0.05, 0) is 18.2 Å². The van der Waals surface area contributed by atoms with Crippen molar-refractivity contribution in [2.24, 2.45) is 0 Å². The largest absolute Gasteiger partial charge is 0.511 e. The van der Waals surface area contributed by atoms with Gasteiger partial charge < -0.3 is 15.2 Å². The molecule has 94 valence electrons. The summed E-state index contributed by atoms with van der Waals surface area (Å²) in [7, 11) is 0. The summed E-state index contributed by atoms with van der Waals surface area (Å²) in [5.41, 5.74) is 2.16. The van der Waals surface area contributed by atoms with Crippen LogP contribution in [0.3, 0.4) is 0 Å². The molecule has 0 amide bonds. The molecule has 0 radical (unpaired) electrons. The molecular formula is C12H12N2O3S. The number of nitrogens with one attached hydrogen (secondary N) is 1. The van der Waals surface area contributed by atoms with Crippen LogP contribution in [0, 0.1) is 0 Å². The highest BCUT2D eigenvalue weighted by molar-refractivity contribution is 8.00. The number of carboxylic acid groups (broad SMARTS) is 1. The summed E-state index contributed by atoms with van der Waals surface area (Å²) in [6.45, 7) is 3.70. The molecule has 0 aliphatic heterocycles. The van der Waals surface area contributed by atoms with Crippen LogP contribution in [-0.2, 0) is 4.79 Å². The number of aliphatic hydroxyl groups excluding tert-OH is 1. The minimum absolute atomic E-state index is 0.0284. The number of benzene rings is 1. The van der Waals surface area contributed by atoms with Crippen molar-refractivity contribution in [3.63, 3.8) is 0 Å². The Morgan fingerprint density at radius 1 is 1.39 bits per heavy atom. The third kappa shape index (κ3) is 2.84. The van der Waals surface area contributed by atoms with Crippen LogP contribution < -0.4 is 10.7 Å². The van der Waals surface area contributed by atoms with Crippen molar-refractivity contribution in [2.45, 2.75) is 0 Å². The van der Waals surface area contributed by atoms with E-state index >= 15 is 0 Å². The summed E-state index contributed by atoms with van der Waals surface area (Å²) in [5, 5.41) is 19.0. The Labute approximate surface area is 107 Å². The Kier molecular flexibility index (Phi) is 3.57. The highest BCUT2D eigenvalue weighted by Crippen LogP contribution is 2.06. The molecule has 0 spiro atoms. The van der Waals surface area contributed by atoms with Crippen molar-refractivity contribution in [1.82, 2.24) is 9.97 Å². The average Bonchev–Trinajstić information content (AvgIpc) is 2.67. The number of thioether (sulfide) groups is 1. The van der Waals surface area contributed by atoms with E-state index in [0.717, 1.165) is 22.8 Å². The molecule has 18 heavy (non-hydrogen) atoms. The van der Waals surface area contributed by atoms with E-state index in [1.807, 2.05) is 0 Å². The van der Waals surface area contributed by atoms with Crippen LogP contribution in [0.1, 0.15) is 0 Å². The lowest BCUT2D eigenvalue weighted by molar-refractivity contribution is -0.133. The zero-order valence-electron chi connectivity index (χ0n) is 9.51. The predicted octanol–water partition coefficient (Wildman–Crippen LogP) is 0.457. The van der Waals surface area contributed by atoms with Crippen molar-refractivity contribution in [2.75, 3.05) is 11.5 Å². The molecule has 0 bridgehead atoms. The number of imidazole rings is 1. The number of hydrogen-bond acceptors (Lipinski definition) is 4. The maximum atomic E-state index is 10.4.